The molecule has 0 bridgehead atoms. The minimum Gasteiger partial charge on any atom is -0.117 e. The second-order valence-corrected chi connectivity index (χ2v) is 2.78. The molecule has 0 saturated carbocycles. The molecule has 0 nitrogen and oxygen atoms in total. The summed E-state index contributed by atoms with van der Waals surface area (Å²) in [5, 5.41) is 0. The van der Waals surface area contributed by atoms with Crippen molar-refractivity contribution >= 4 is 25.9 Å². The van der Waals surface area contributed by atoms with Crippen molar-refractivity contribution in [3.8, 4) is 0 Å². The highest BCUT2D eigenvalue weighted by molar-refractivity contribution is 7.15. The first kappa shape index (κ1) is 5.84. The Morgan fingerprint density at radius 1 is 1.20 bits per heavy atom. The maximum atomic E-state index is 2.24. The molecule has 0 aromatic heterocycles. The van der Waals surface area contributed by atoms with Crippen molar-refractivity contribution in [2.75, 3.05) is 0 Å². The fraction of sp³-hybridized carbons (Fsp3) is 0. The van der Waals surface area contributed by atoms with Gasteiger partial charge in [0, 0.05) is 0 Å². The summed E-state index contributed by atoms with van der Waals surface area (Å²) in [6, 6.07) is 8.54. The van der Waals surface area contributed by atoms with Crippen LogP contribution in [0.1, 0.15) is 5.56 Å². The Hall–Kier alpha value is -0.910. The number of rotatable bonds is 0. The van der Waals surface area contributed by atoms with E-state index in [2.05, 4.69) is 44.1 Å². The van der Waals surface area contributed by atoms with Crippen LogP contribution in [-0.4, -0.2) is 14.3 Å². The third kappa shape index (κ3) is 0.722. The lowest BCUT2D eigenvalue weighted by molar-refractivity contribution is 1.73. The molecule has 10 heavy (non-hydrogen) atoms. The first-order valence-corrected chi connectivity index (χ1v) is 3.65. The van der Waals surface area contributed by atoms with Crippen LogP contribution in [0.2, 0.25) is 0 Å². The van der Waals surface area contributed by atoms with E-state index in [9.17, 15) is 0 Å². The molecule has 46 valence electrons. The van der Waals surface area contributed by atoms with Gasteiger partial charge in [0.05, 0.1) is 7.74 Å². The molecule has 2 rings (SSSR count). The Morgan fingerprint density at radius 2 is 2.00 bits per heavy atom. The summed E-state index contributed by atoms with van der Waals surface area (Å²) < 4.78 is 0. The normalized spacial score (nSPS) is 13.8. The maximum Gasteiger partial charge on any atom is 0.162 e. The predicted molar refractivity (Wildman–Crippen MR) is 49.4 cm³/mol. The third-order valence-corrected chi connectivity index (χ3v) is 2.05. The fourth-order valence-corrected chi connectivity index (χ4v) is 1.43. The number of hydrogen-bond acceptors (Lipinski definition) is 0. The van der Waals surface area contributed by atoms with E-state index in [1.165, 1.54) is 11.0 Å². The molecule has 0 amide bonds. The largest absolute Gasteiger partial charge is 0.162 e. The summed E-state index contributed by atoms with van der Waals surface area (Å²) in [7, 11) is 2.22. The van der Waals surface area contributed by atoms with Crippen LogP contribution >= 0.6 is 0 Å². The molecule has 0 atom stereocenters. The smallest absolute Gasteiger partial charge is 0.117 e. The van der Waals surface area contributed by atoms with Gasteiger partial charge >= 0.3 is 0 Å². The molecule has 0 spiro atoms. The predicted octanol–water partition coefficient (Wildman–Crippen LogP) is 0.0842. The van der Waals surface area contributed by atoms with Crippen LogP contribution in [-0.2, 0) is 0 Å². The van der Waals surface area contributed by atoms with Crippen molar-refractivity contribution in [1.29, 1.82) is 0 Å². The van der Waals surface area contributed by atoms with Gasteiger partial charge in [-0.15, -0.1) is 5.98 Å². The van der Waals surface area contributed by atoms with E-state index in [1.807, 2.05) is 0 Å². The summed E-state index contributed by atoms with van der Waals surface area (Å²) in [6.07, 6.45) is 2.19. The molecule has 1 aromatic carbocycles. The van der Waals surface area contributed by atoms with Gasteiger partial charge in [-0.05, 0) is 5.56 Å². The van der Waals surface area contributed by atoms with Gasteiger partial charge in [-0.2, -0.15) is 0 Å². The van der Waals surface area contributed by atoms with Crippen LogP contribution < -0.4 is 5.46 Å². The topological polar surface area (TPSA) is 0 Å². The van der Waals surface area contributed by atoms with E-state index in [1.54, 1.807) is 0 Å². The molecule has 1 aromatic rings. The highest BCUT2D eigenvalue weighted by Gasteiger charge is 2.13. The average Bonchev–Trinajstić information content (AvgIpc) is 2.34. The second kappa shape index (κ2) is 2.05. The van der Waals surface area contributed by atoms with Crippen molar-refractivity contribution < 1.29 is 0 Å². The summed E-state index contributed by atoms with van der Waals surface area (Å²) in [5.74, 6) is 2.24. The van der Waals surface area contributed by atoms with Gasteiger partial charge in [-0.1, -0.05) is 35.8 Å². The Balaban J connectivity index is 2.59. The molecule has 0 unspecified atom stereocenters. The second-order valence-electron chi connectivity index (χ2n) is 2.78. The summed E-state index contributed by atoms with van der Waals surface area (Å²) in [6.45, 7) is 0.621. The lowest BCUT2D eigenvalue weighted by atomic mass is 9.31. The van der Waals surface area contributed by atoms with Crippen molar-refractivity contribution in [3.63, 3.8) is 0 Å². The summed E-state index contributed by atoms with van der Waals surface area (Å²) >= 11 is 0. The van der Waals surface area contributed by atoms with Gasteiger partial charge in [-0.25, -0.2) is 0 Å². The summed E-state index contributed by atoms with van der Waals surface area (Å²) in [5.41, 5.74) is 2.84. The molecule has 0 fully saturated rings. The minimum atomic E-state index is 0.621. The van der Waals surface area contributed by atoms with Gasteiger partial charge < -0.3 is 0 Å². The van der Waals surface area contributed by atoms with Gasteiger partial charge in [0.2, 0.25) is 0 Å². The number of fused-ring (bicyclic) bond motifs is 1. The minimum absolute atomic E-state index is 0.621. The van der Waals surface area contributed by atoms with Crippen molar-refractivity contribution in [2.24, 2.45) is 0 Å². The Morgan fingerprint density at radius 3 is 2.80 bits per heavy atom. The van der Waals surface area contributed by atoms with Crippen molar-refractivity contribution in [1.82, 2.24) is 0 Å². The molecular weight excluding hydrogens is 118 g/mol. The van der Waals surface area contributed by atoms with Crippen LogP contribution in [0.25, 0.3) is 6.08 Å². The lowest BCUT2D eigenvalue weighted by Crippen LogP contribution is -2.26. The van der Waals surface area contributed by atoms with E-state index in [0.717, 1.165) is 0 Å². The zero-order valence-corrected chi connectivity index (χ0v) is 6.04. The molecule has 1 aliphatic rings. The van der Waals surface area contributed by atoms with Crippen LogP contribution in [0.5, 0.6) is 0 Å². The van der Waals surface area contributed by atoms with Crippen LogP contribution in [0.4, 0.5) is 0 Å². The van der Waals surface area contributed by atoms with E-state index in [4.69, 9.17) is 0 Å². The zero-order valence-electron chi connectivity index (χ0n) is 6.04. The first-order chi connectivity index (χ1) is 4.88. The zero-order chi connectivity index (χ0) is 6.97. The quantitative estimate of drug-likeness (QED) is 0.431. The Kier molecular flexibility index (Phi) is 1.20. The Bertz CT molecular complexity index is 278. The average molecular weight is 126 g/mol. The lowest BCUT2D eigenvalue weighted by Gasteiger charge is -1.99. The van der Waals surface area contributed by atoms with E-state index >= 15 is 0 Å². The number of hydrogen-bond donors (Lipinski definition) is 0. The highest BCUT2D eigenvalue weighted by Crippen LogP contribution is 2.06. The molecule has 0 N–H and O–H groups in total. The van der Waals surface area contributed by atoms with E-state index in [0.29, 0.717) is 6.60 Å². The molecule has 1 heterocycles. The van der Waals surface area contributed by atoms with Gasteiger partial charge in [0.1, 0.15) is 0 Å². The monoisotopic (exact) mass is 126 g/mol. The van der Waals surface area contributed by atoms with Crippen molar-refractivity contribution in [2.45, 2.75) is 0 Å². The first-order valence-electron chi connectivity index (χ1n) is 3.65. The molecule has 0 radical (unpaired) electrons. The molecule has 0 aliphatic carbocycles. The standard InChI is InChI=1S/C8H8B2/c9-10-6-5-7-3-1-2-4-8(7)10/h1-6H,9H2. The van der Waals surface area contributed by atoms with E-state index < -0.39 is 0 Å². The maximum absolute atomic E-state index is 2.24. The summed E-state index contributed by atoms with van der Waals surface area (Å²) in [4.78, 5) is 0. The molecule has 0 saturated heterocycles. The fourth-order valence-electron chi connectivity index (χ4n) is 1.43. The molecule has 1 aliphatic heterocycles. The van der Waals surface area contributed by atoms with Crippen molar-refractivity contribution in [3.05, 3.63) is 35.8 Å². The SMILES string of the molecule is BB1C=Cc2ccccc21. The number of benzene rings is 1. The Labute approximate surface area is 62.4 Å². The van der Waals surface area contributed by atoms with E-state index in [-0.39, 0.29) is 0 Å². The van der Waals surface area contributed by atoms with Gasteiger partial charge in [0.25, 0.3) is 0 Å². The third-order valence-electron chi connectivity index (χ3n) is 2.05. The molecular formula is C8H8B2. The van der Waals surface area contributed by atoms with Crippen LogP contribution in [0.15, 0.2) is 30.2 Å². The van der Waals surface area contributed by atoms with Gasteiger partial charge in [0.15, 0.2) is 6.60 Å². The van der Waals surface area contributed by atoms with Crippen LogP contribution in [0.3, 0.4) is 0 Å². The highest BCUT2D eigenvalue weighted by atomic mass is 14.0. The van der Waals surface area contributed by atoms with Gasteiger partial charge in [-0.3, -0.25) is 0 Å². The molecule has 2 heteroatoms. The van der Waals surface area contributed by atoms with Crippen LogP contribution in [0, 0.1) is 0 Å².